The first-order chi connectivity index (χ1) is 12.4. The van der Waals surface area contributed by atoms with E-state index in [4.69, 9.17) is 14.2 Å². The third kappa shape index (κ3) is 2.32. The molecule has 7 nitrogen and oxygen atoms in total. The number of carbonyl (C=O) groups is 3. The molecule has 0 aliphatic carbocycles. The molecule has 3 aliphatic rings. The summed E-state index contributed by atoms with van der Waals surface area (Å²) in [6.45, 7) is 1.19. The number of esters is 1. The van der Waals surface area contributed by atoms with Gasteiger partial charge in [-0.1, -0.05) is 22.0 Å². The van der Waals surface area contributed by atoms with E-state index < -0.39 is 29.5 Å². The molecule has 136 valence electrons. The maximum Gasteiger partial charge on any atom is 0.302 e. The summed E-state index contributed by atoms with van der Waals surface area (Å²) in [7, 11) is 1.48. The van der Waals surface area contributed by atoms with Crippen molar-refractivity contribution in [3.63, 3.8) is 0 Å². The van der Waals surface area contributed by atoms with Gasteiger partial charge in [0.25, 0.3) is 0 Å². The fraction of sp³-hybridized carbons (Fsp3) is 0.389. The second-order valence-corrected chi connectivity index (χ2v) is 7.42. The first-order valence-electron chi connectivity index (χ1n) is 8.10. The van der Waals surface area contributed by atoms with Crippen LogP contribution in [0.4, 0.5) is 5.69 Å². The number of fused-ring (bicyclic) bond motifs is 5. The lowest BCUT2D eigenvalue weighted by atomic mass is 9.77. The quantitative estimate of drug-likeness (QED) is 0.419. The summed E-state index contributed by atoms with van der Waals surface area (Å²) < 4.78 is 17.0. The monoisotopic (exact) mass is 421 g/mol. The van der Waals surface area contributed by atoms with Crippen LogP contribution in [0.2, 0.25) is 0 Å². The van der Waals surface area contributed by atoms with Crippen LogP contribution < -0.4 is 9.64 Å². The predicted octanol–water partition coefficient (Wildman–Crippen LogP) is 1.83. The maximum absolute atomic E-state index is 13.2. The van der Waals surface area contributed by atoms with Gasteiger partial charge in [-0.3, -0.25) is 14.4 Å². The normalized spacial score (nSPS) is 31.5. The molecular weight excluding hydrogens is 406 g/mol. The third-order valence-electron chi connectivity index (χ3n) is 5.04. The number of nitrogens with zero attached hydrogens (tertiary/aromatic N) is 1. The van der Waals surface area contributed by atoms with Crippen molar-refractivity contribution < 1.29 is 28.6 Å². The van der Waals surface area contributed by atoms with Gasteiger partial charge in [-0.2, -0.15) is 0 Å². The second kappa shape index (κ2) is 5.92. The molecule has 2 fully saturated rings. The molecule has 4 atom stereocenters. The Kier molecular flexibility index (Phi) is 3.92. The van der Waals surface area contributed by atoms with E-state index >= 15 is 0 Å². The summed E-state index contributed by atoms with van der Waals surface area (Å²) in [5.74, 6) is -2.12. The summed E-state index contributed by atoms with van der Waals surface area (Å²) in [4.78, 5) is 38.6. The average Bonchev–Trinajstić information content (AvgIpc) is 3.24. The van der Waals surface area contributed by atoms with Crippen molar-refractivity contribution in [2.75, 3.05) is 18.6 Å². The Balaban J connectivity index is 1.73. The smallest absolute Gasteiger partial charge is 0.302 e. The largest absolute Gasteiger partial charge is 0.495 e. The van der Waals surface area contributed by atoms with E-state index in [0.29, 0.717) is 11.4 Å². The Morgan fingerprint density at radius 2 is 2.12 bits per heavy atom. The molecule has 0 saturated carbocycles. The van der Waals surface area contributed by atoms with Crippen molar-refractivity contribution in [1.82, 2.24) is 0 Å². The number of anilines is 1. The van der Waals surface area contributed by atoms with Gasteiger partial charge in [0, 0.05) is 11.4 Å². The van der Waals surface area contributed by atoms with Gasteiger partial charge in [0.2, 0.25) is 11.8 Å². The highest BCUT2D eigenvalue weighted by Gasteiger charge is 2.68. The standard InChI is InChI=1S/C18H16BrNO6/c1-9(21)25-8-18-6-5-13(26-18)14-15(18)17(23)20(16(14)22)11-7-10(19)3-4-12(11)24-2/h3-7,13-15H,8H2,1-2H3/t13-,14-,15-,18+/m1/s1. The molecule has 0 N–H and O–H groups in total. The lowest BCUT2D eigenvalue weighted by Gasteiger charge is -2.28. The number of amides is 2. The Labute approximate surface area is 158 Å². The Morgan fingerprint density at radius 1 is 1.35 bits per heavy atom. The maximum atomic E-state index is 13.2. The SMILES string of the molecule is COc1ccc(Br)cc1N1C(=O)[C@@H]2[C@H]3C=C[C@@](COC(C)=O)(O3)[C@H]2C1=O. The minimum Gasteiger partial charge on any atom is -0.495 e. The van der Waals surface area contributed by atoms with Gasteiger partial charge in [-0.15, -0.1) is 0 Å². The number of imide groups is 1. The molecule has 26 heavy (non-hydrogen) atoms. The average molecular weight is 422 g/mol. The van der Waals surface area contributed by atoms with E-state index in [-0.39, 0.29) is 18.4 Å². The number of rotatable bonds is 4. The number of benzene rings is 1. The molecule has 0 unspecified atom stereocenters. The minimum absolute atomic E-state index is 0.0982. The van der Waals surface area contributed by atoms with Crippen LogP contribution in [-0.2, 0) is 23.9 Å². The first kappa shape index (κ1) is 17.2. The molecule has 3 heterocycles. The fourth-order valence-electron chi connectivity index (χ4n) is 3.96. The Morgan fingerprint density at radius 3 is 2.81 bits per heavy atom. The topological polar surface area (TPSA) is 82.1 Å². The number of carbonyl (C=O) groups excluding carboxylic acids is 3. The van der Waals surface area contributed by atoms with Gasteiger partial charge in [-0.25, -0.2) is 4.90 Å². The predicted molar refractivity (Wildman–Crippen MR) is 93.5 cm³/mol. The number of ether oxygens (including phenoxy) is 3. The number of methoxy groups -OCH3 is 1. The van der Waals surface area contributed by atoms with E-state index in [1.165, 1.54) is 14.0 Å². The molecule has 1 aromatic carbocycles. The minimum atomic E-state index is -1.10. The first-order valence-corrected chi connectivity index (χ1v) is 8.89. The lowest BCUT2D eigenvalue weighted by Crippen LogP contribution is -2.44. The highest BCUT2D eigenvalue weighted by Crippen LogP contribution is 2.53. The number of hydrogen-bond donors (Lipinski definition) is 0. The lowest BCUT2D eigenvalue weighted by molar-refractivity contribution is -0.150. The van der Waals surface area contributed by atoms with Crippen LogP contribution in [0, 0.1) is 11.8 Å². The van der Waals surface area contributed by atoms with E-state index in [1.807, 2.05) is 0 Å². The summed E-state index contributed by atoms with van der Waals surface area (Å²) in [5.41, 5.74) is -0.713. The molecule has 0 radical (unpaired) electrons. The number of hydrogen-bond acceptors (Lipinski definition) is 6. The van der Waals surface area contributed by atoms with E-state index in [0.717, 1.165) is 9.37 Å². The van der Waals surface area contributed by atoms with E-state index in [9.17, 15) is 14.4 Å². The zero-order valence-electron chi connectivity index (χ0n) is 14.1. The van der Waals surface area contributed by atoms with Crippen LogP contribution in [0.1, 0.15) is 6.92 Å². The fourth-order valence-corrected chi connectivity index (χ4v) is 4.31. The summed E-state index contributed by atoms with van der Waals surface area (Å²) in [5, 5.41) is 0. The van der Waals surface area contributed by atoms with Crippen molar-refractivity contribution in [3.8, 4) is 5.75 Å². The zero-order chi connectivity index (χ0) is 18.6. The van der Waals surface area contributed by atoms with Gasteiger partial charge in [-0.05, 0) is 24.3 Å². The summed E-state index contributed by atoms with van der Waals surface area (Å²) in [6, 6.07) is 5.13. The van der Waals surface area contributed by atoms with Gasteiger partial charge in [0.05, 0.1) is 30.7 Å². The van der Waals surface area contributed by atoms with Crippen LogP contribution >= 0.6 is 15.9 Å². The molecule has 8 heteroatoms. The third-order valence-corrected chi connectivity index (χ3v) is 5.53. The molecule has 3 aliphatic heterocycles. The van der Waals surface area contributed by atoms with Crippen LogP contribution in [0.15, 0.2) is 34.8 Å². The second-order valence-electron chi connectivity index (χ2n) is 6.51. The van der Waals surface area contributed by atoms with Crippen molar-refractivity contribution in [3.05, 3.63) is 34.8 Å². The number of halogens is 1. The highest BCUT2D eigenvalue weighted by molar-refractivity contribution is 9.10. The molecule has 0 aromatic heterocycles. The van der Waals surface area contributed by atoms with E-state index in [1.54, 1.807) is 30.4 Å². The molecule has 2 saturated heterocycles. The molecule has 0 spiro atoms. The summed E-state index contributed by atoms with van der Waals surface area (Å²) >= 11 is 3.36. The van der Waals surface area contributed by atoms with Gasteiger partial charge in [0.1, 0.15) is 18.0 Å². The molecule has 2 bridgehead atoms. The van der Waals surface area contributed by atoms with Crippen LogP contribution in [0.3, 0.4) is 0 Å². The van der Waals surface area contributed by atoms with Crippen LogP contribution in [-0.4, -0.2) is 43.2 Å². The Bertz CT molecular complexity index is 852. The van der Waals surface area contributed by atoms with Crippen LogP contribution in [0.5, 0.6) is 5.75 Å². The summed E-state index contributed by atoms with van der Waals surface area (Å²) in [6.07, 6.45) is 2.99. The molecule has 1 aromatic rings. The van der Waals surface area contributed by atoms with Crippen molar-refractivity contribution >= 4 is 39.4 Å². The van der Waals surface area contributed by atoms with Crippen molar-refractivity contribution in [2.24, 2.45) is 11.8 Å². The van der Waals surface area contributed by atoms with Gasteiger partial charge >= 0.3 is 5.97 Å². The zero-order valence-corrected chi connectivity index (χ0v) is 15.7. The van der Waals surface area contributed by atoms with Crippen molar-refractivity contribution in [2.45, 2.75) is 18.6 Å². The highest BCUT2D eigenvalue weighted by atomic mass is 79.9. The molecular formula is C18H16BrNO6. The molecule has 2 amide bonds. The Hall–Kier alpha value is -2.19. The molecule has 4 rings (SSSR count). The van der Waals surface area contributed by atoms with Crippen LogP contribution in [0.25, 0.3) is 0 Å². The van der Waals surface area contributed by atoms with Gasteiger partial charge < -0.3 is 14.2 Å². The van der Waals surface area contributed by atoms with Crippen molar-refractivity contribution in [1.29, 1.82) is 0 Å². The van der Waals surface area contributed by atoms with E-state index in [2.05, 4.69) is 15.9 Å². The van der Waals surface area contributed by atoms with Gasteiger partial charge in [0.15, 0.2) is 0 Å².